The first-order valence-corrected chi connectivity index (χ1v) is 24.7. The summed E-state index contributed by atoms with van der Waals surface area (Å²) in [6.45, 7) is 4.53. The summed E-state index contributed by atoms with van der Waals surface area (Å²) in [6, 6.07) is -0.895. The van der Waals surface area contributed by atoms with Crippen molar-refractivity contribution < 1.29 is 32.9 Å². The summed E-state index contributed by atoms with van der Waals surface area (Å²) in [4.78, 5) is 25.0. The maximum absolute atomic E-state index is 12.6. The van der Waals surface area contributed by atoms with Crippen LogP contribution in [0.25, 0.3) is 0 Å². The second kappa shape index (κ2) is 38.5. The zero-order valence-electron chi connectivity index (χ0n) is 36.9. The molecule has 0 bridgehead atoms. The molecular weight excluding hydrogens is 707 g/mol. The maximum atomic E-state index is 12.6. The Kier molecular flexibility index (Phi) is 37.8. The van der Waals surface area contributed by atoms with Crippen molar-refractivity contribution in [2.24, 2.45) is 0 Å². The van der Waals surface area contributed by atoms with Crippen LogP contribution in [0.1, 0.15) is 213 Å². The van der Waals surface area contributed by atoms with E-state index in [1.165, 1.54) is 141 Å². The Balaban J connectivity index is 4.03. The lowest BCUT2D eigenvalue weighted by atomic mass is 10.0. The normalized spacial score (nSPS) is 14.5. The molecule has 9 heteroatoms. The molecule has 3 atom stereocenters. The molecule has 326 valence electrons. The average Bonchev–Trinajstić information content (AvgIpc) is 3.13. The van der Waals surface area contributed by atoms with Gasteiger partial charge in [-0.2, -0.15) is 0 Å². The van der Waals surface area contributed by atoms with Crippen LogP contribution >= 0.6 is 7.82 Å². The van der Waals surface area contributed by atoms with Crippen LogP contribution in [0.2, 0.25) is 0 Å². The molecule has 3 unspecified atom stereocenters. The molecule has 0 saturated carbocycles. The number of rotatable bonds is 42. The van der Waals surface area contributed by atoms with Crippen LogP contribution in [0, 0.1) is 0 Å². The minimum absolute atomic E-state index is 0.00529. The number of aliphatic hydroxyl groups excluding tert-OH is 1. The summed E-state index contributed by atoms with van der Waals surface area (Å²) in [5.74, 6) is -0.220. The van der Waals surface area contributed by atoms with E-state index in [0.717, 1.165) is 51.4 Å². The smallest absolute Gasteiger partial charge is 0.268 e. The van der Waals surface area contributed by atoms with Gasteiger partial charge in [0.15, 0.2) is 0 Å². The minimum Gasteiger partial charge on any atom is -0.756 e. The highest BCUT2D eigenvalue weighted by Gasteiger charge is 2.23. The van der Waals surface area contributed by atoms with Gasteiger partial charge in [-0.1, -0.05) is 199 Å². The fraction of sp³-hybridized carbons (Fsp3) is 0.891. The molecule has 55 heavy (non-hydrogen) atoms. The first-order valence-electron chi connectivity index (χ1n) is 23.2. The lowest BCUT2D eigenvalue weighted by Gasteiger charge is -2.29. The van der Waals surface area contributed by atoms with Crippen molar-refractivity contribution in [2.45, 2.75) is 225 Å². The van der Waals surface area contributed by atoms with E-state index in [9.17, 15) is 19.4 Å². The molecule has 0 aliphatic heterocycles. The number of quaternary nitrogens is 1. The van der Waals surface area contributed by atoms with Gasteiger partial charge >= 0.3 is 0 Å². The molecule has 0 aliphatic carbocycles. The third kappa shape index (κ3) is 41.0. The minimum atomic E-state index is -4.58. The molecular formula is C46H91N2O6P. The summed E-state index contributed by atoms with van der Waals surface area (Å²) in [5.41, 5.74) is 0. The predicted octanol–water partition coefficient (Wildman–Crippen LogP) is 12.3. The van der Waals surface area contributed by atoms with Crippen molar-refractivity contribution in [2.75, 3.05) is 40.9 Å². The Bertz CT molecular complexity index is 953. The van der Waals surface area contributed by atoms with Gasteiger partial charge in [0.25, 0.3) is 7.82 Å². The Morgan fingerprint density at radius 1 is 0.618 bits per heavy atom. The molecule has 0 aliphatic rings. The van der Waals surface area contributed by atoms with E-state index in [-0.39, 0.29) is 12.5 Å². The van der Waals surface area contributed by atoms with E-state index in [1.54, 1.807) is 6.08 Å². The number of likely N-dealkylation sites (N-methyl/N-ethyl adjacent to an activating group) is 1. The number of nitrogens with zero attached hydrogens (tertiary/aromatic N) is 1. The molecule has 0 aromatic carbocycles. The van der Waals surface area contributed by atoms with Crippen LogP contribution in [-0.4, -0.2) is 68.5 Å². The zero-order valence-corrected chi connectivity index (χ0v) is 37.8. The second-order valence-corrected chi connectivity index (χ2v) is 18.5. The molecule has 2 N–H and O–H groups in total. The van der Waals surface area contributed by atoms with Gasteiger partial charge in [0.1, 0.15) is 13.2 Å². The molecule has 0 spiro atoms. The van der Waals surface area contributed by atoms with Crippen LogP contribution < -0.4 is 10.2 Å². The highest BCUT2D eigenvalue weighted by Crippen LogP contribution is 2.38. The standard InChI is InChI=1S/C46H91N2O6P/c1-6-8-10-12-13-14-15-16-17-18-19-20-21-22-23-24-25-26-27-28-29-30-31-32-33-34-36-37-39-45(49)44(47-46(50)40-38-35-11-9-7-2)43-54-55(51,52)53-42-41-48(3,4)5/h32-33,37,39,44-45,49H,6-31,34-36,38,40-43H2,1-5H3,(H-,47,50,51,52)/b33-32+,39-37+. The van der Waals surface area contributed by atoms with E-state index in [0.29, 0.717) is 17.4 Å². The van der Waals surface area contributed by atoms with Crippen LogP contribution in [0.3, 0.4) is 0 Å². The summed E-state index contributed by atoms with van der Waals surface area (Å²) < 4.78 is 23.0. The van der Waals surface area contributed by atoms with Crippen molar-refractivity contribution in [3.8, 4) is 0 Å². The lowest BCUT2D eigenvalue weighted by molar-refractivity contribution is -0.870. The summed E-state index contributed by atoms with van der Waals surface area (Å²) in [5, 5.41) is 13.6. The first-order chi connectivity index (χ1) is 26.5. The number of amides is 1. The molecule has 0 fully saturated rings. The summed E-state index contributed by atoms with van der Waals surface area (Å²) >= 11 is 0. The molecule has 1 amide bonds. The zero-order chi connectivity index (χ0) is 40.7. The second-order valence-electron chi connectivity index (χ2n) is 17.1. The summed E-state index contributed by atoms with van der Waals surface area (Å²) in [6.07, 6.45) is 45.9. The fourth-order valence-corrected chi connectivity index (χ4v) is 7.42. The van der Waals surface area contributed by atoms with Crippen molar-refractivity contribution in [1.29, 1.82) is 0 Å². The number of phosphoric acid groups is 1. The van der Waals surface area contributed by atoms with Gasteiger partial charge < -0.3 is 28.8 Å². The van der Waals surface area contributed by atoms with Gasteiger partial charge in [-0.05, 0) is 32.1 Å². The first kappa shape index (κ1) is 54.0. The highest BCUT2D eigenvalue weighted by atomic mass is 31.2. The molecule has 0 radical (unpaired) electrons. The van der Waals surface area contributed by atoms with Crippen LogP contribution in [-0.2, 0) is 18.4 Å². The van der Waals surface area contributed by atoms with Crippen molar-refractivity contribution in [3.63, 3.8) is 0 Å². The average molecular weight is 799 g/mol. The Morgan fingerprint density at radius 3 is 1.47 bits per heavy atom. The van der Waals surface area contributed by atoms with Gasteiger partial charge in [0.05, 0.1) is 39.9 Å². The van der Waals surface area contributed by atoms with Gasteiger partial charge in [-0.3, -0.25) is 9.36 Å². The van der Waals surface area contributed by atoms with Crippen molar-refractivity contribution in [3.05, 3.63) is 24.3 Å². The topological polar surface area (TPSA) is 108 Å². The van der Waals surface area contributed by atoms with Crippen molar-refractivity contribution >= 4 is 13.7 Å². The van der Waals surface area contributed by atoms with E-state index < -0.39 is 26.6 Å². The third-order valence-electron chi connectivity index (χ3n) is 10.4. The number of aliphatic hydroxyl groups is 1. The monoisotopic (exact) mass is 799 g/mol. The summed E-state index contributed by atoms with van der Waals surface area (Å²) in [7, 11) is 1.24. The quantitative estimate of drug-likeness (QED) is 0.0276. The number of phosphoric ester groups is 1. The molecule has 0 heterocycles. The molecule has 0 aromatic heterocycles. The van der Waals surface area contributed by atoms with Gasteiger partial charge in [0.2, 0.25) is 5.91 Å². The Hall–Kier alpha value is -1.02. The predicted molar refractivity (Wildman–Crippen MR) is 233 cm³/mol. The highest BCUT2D eigenvalue weighted by molar-refractivity contribution is 7.45. The van der Waals surface area contributed by atoms with Crippen molar-refractivity contribution in [1.82, 2.24) is 5.32 Å². The van der Waals surface area contributed by atoms with Crippen LogP contribution in [0.15, 0.2) is 24.3 Å². The van der Waals surface area contributed by atoms with E-state index in [1.807, 2.05) is 27.2 Å². The molecule has 8 nitrogen and oxygen atoms in total. The van der Waals surface area contributed by atoms with Crippen LogP contribution in [0.5, 0.6) is 0 Å². The van der Waals surface area contributed by atoms with E-state index in [2.05, 4.69) is 31.3 Å². The van der Waals surface area contributed by atoms with Gasteiger partial charge in [-0.25, -0.2) is 0 Å². The third-order valence-corrected chi connectivity index (χ3v) is 11.4. The van der Waals surface area contributed by atoms with Gasteiger partial charge in [0, 0.05) is 6.42 Å². The number of allylic oxidation sites excluding steroid dienone is 3. The van der Waals surface area contributed by atoms with E-state index >= 15 is 0 Å². The van der Waals surface area contributed by atoms with E-state index in [4.69, 9.17) is 9.05 Å². The largest absolute Gasteiger partial charge is 0.756 e. The Labute approximate surface area is 341 Å². The fourth-order valence-electron chi connectivity index (χ4n) is 6.70. The lowest BCUT2D eigenvalue weighted by Crippen LogP contribution is -2.45. The molecule has 0 rings (SSSR count). The number of hydrogen-bond acceptors (Lipinski definition) is 6. The van der Waals surface area contributed by atoms with Gasteiger partial charge in [-0.15, -0.1) is 0 Å². The number of hydrogen-bond donors (Lipinski definition) is 2. The van der Waals surface area contributed by atoms with Crippen LogP contribution in [0.4, 0.5) is 0 Å². The number of carbonyl (C=O) groups excluding carboxylic acids is 1. The number of unbranched alkanes of at least 4 members (excludes halogenated alkanes) is 27. The molecule has 0 aromatic rings. The molecule has 0 saturated heterocycles. The maximum Gasteiger partial charge on any atom is 0.268 e. The number of nitrogens with one attached hydrogen (secondary N) is 1. The SMILES string of the molecule is CCCCCCCCCCCCCCCCCCCCCCCC/C=C/CC/C=C/C(O)C(COP(=O)([O-])OCC[N+](C)(C)C)NC(=O)CCCCCCC. The number of carbonyl (C=O) groups is 1. The Morgan fingerprint density at radius 2 is 1.02 bits per heavy atom.